The minimum Gasteiger partial charge on any atom is -0.487 e. The van der Waals surface area contributed by atoms with Crippen molar-refractivity contribution >= 4 is 0 Å². The summed E-state index contributed by atoms with van der Waals surface area (Å²) in [6, 6.07) is 6.63. The Morgan fingerprint density at radius 2 is 1.76 bits per heavy atom. The molecule has 2 nitrogen and oxygen atoms in total. The normalized spacial score (nSPS) is 24.5. The molecule has 0 saturated heterocycles. The van der Waals surface area contributed by atoms with E-state index in [4.69, 9.17) is 4.74 Å². The molecule has 1 heterocycles. The van der Waals surface area contributed by atoms with Crippen molar-refractivity contribution in [3.05, 3.63) is 29.3 Å². The first-order valence-electron chi connectivity index (χ1n) is 8.15. The van der Waals surface area contributed by atoms with Gasteiger partial charge in [0, 0.05) is 13.0 Å². The zero-order chi connectivity index (χ0) is 15.5. The Bertz CT molecular complexity index is 543. The lowest BCUT2D eigenvalue weighted by Crippen LogP contribution is -2.24. The van der Waals surface area contributed by atoms with Crippen LogP contribution in [0.1, 0.15) is 52.7 Å². The predicted octanol–water partition coefficient (Wildman–Crippen LogP) is 4.17. The first kappa shape index (κ1) is 14.9. The van der Waals surface area contributed by atoms with Crippen molar-refractivity contribution in [2.75, 3.05) is 6.54 Å². The first-order chi connectivity index (χ1) is 9.63. The molecule has 0 unspecified atom stereocenters. The molecule has 1 aliphatic carbocycles. The van der Waals surface area contributed by atoms with Crippen molar-refractivity contribution in [2.45, 2.75) is 60.1 Å². The van der Waals surface area contributed by atoms with Gasteiger partial charge in [-0.15, -0.1) is 0 Å². The van der Waals surface area contributed by atoms with E-state index >= 15 is 0 Å². The zero-order valence-corrected chi connectivity index (χ0v) is 14.3. The Balaban J connectivity index is 1.56. The average Bonchev–Trinajstić information content (AvgIpc) is 2.65. The van der Waals surface area contributed by atoms with Gasteiger partial charge in [0.05, 0.1) is 0 Å². The van der Waals surface area contributed by atoms with Crippen LogP contribution in [-0.2, 0) is 13.0 Å². The maximum Gasteiger partial charge on any atom is 0.123 e. The molecule has 1 aliphatic heterocycles. The van der Waals surface area contributed by atoms with Crippen LogP contribution < -0.4 is 10.1 Å². The SMILES string of the molecule is CC1(C)Cc2cc(CNCC3C(C)(C)C3(C)C)ccc2O1. The first-order valence-corrected chi connectivity index (χ1v) is 8.15. The number of hydrogen-bond donors (Lipinski definition) is 1. The summed E-state index contributed by atoms with van der Waals surface area (Å²) >= 11 is 0. The molecule has 0 amide bonds. The highest BCUT2D eigenvalue weighted by Crippen LogP contribution is 2.67. The highest BCUT2D eigenvalue weighted by atomic mass is 16.5. The molecule has 116 valence electrons. The van der Waals surface area contributed by atoms with E-state index in [2.05, 4.69) is 65.1 Å². The highest BCUT2D eigenvalue weighted by Gasteiger charge is 2.63. The van der Waals surface area contributed by atoms with Crippen LogP contribution in [0.3, 0.4) is 0 Å². The molecule has 1 aromatic rings. The predicted molar refractivity (Wildman–Crippen MR) is 87.6 cm³/mol. The number of fused-ring (bicyclic) bond motifs is 1. The van der Waals surface area contributed by atoms with Crippen LogP contribution in [0.4, 0.5) is 0 Å². The van der Waals surface area contributed by atoms with Crippen molar-refractivity contribution < 1.29 is 4.74 Å². The second kappa shape index (κ2) is 4.49. The van der Waals surface area contributed by atoms with Crippen molar-refractivity contribution in [1.29, 1.82) is 0 Å². The fourth-order valence-corrected chi connectivity index (χ4v) is 3.98. The molecule has 21 heavy (non-hydrogen) atoms. The second-order valence-electron chi connectivity index (χ2n) is 8.61. The molecule has 0 radical (unpaired) electrons. The van der Waals surface area contributed by atoms with E-state index < -0.39 is 0 Å². The van der Waals surface area contributed by atoms with Crippen LogP contribution >= 0.6 is 0 Å². The smallest absolute Gasteiger partial charge is 0.123 e. The van der Waals surface area contributed by atoms with Gasteiger partial charge in [-0.05, 0) is 54.3 Å². The van der Waals surface area contributed by atoms with Gasteiger partial charge in [-0.3, -0.25) is 0 Å². The lowest BCUT2D eigenvalue weighted by atomic mass is 10.0. The summed E-state index contributed by atoms with van der Waals surface area (Å²) < 4.78 is 5.94. The van der Waals surface area contributed by atoms with Crippen LogP contribution in [0.25, 0.3) is 0 Å². The Morgan fingerprint density at radius 1 is 1.10 bits per heavy atom. The molecule has 0 atom stereocenters. The largest absolute Gasteiger partial charge is 0.487 e. The molecule has 1 fully saturated rings. The van der Waals surface area contributed by atoms with Gasteiger partial charge in [-0.2, -0.15) is 0 Å². The molecule has 0 bridgehead atoms. The van der Waals surface area contributed by atoms with Gasteiger partial charge in [0.2, 0.25) is 0 Å². The monoisotopic (exact) mass is 287 g/mol. The van der Waals surface area contributed by atoms with Gasteiger partial charge in [0.1, 0.15) is 11.4 Å². The van der Waals surface area contributed by atoms with E-state index in [0.717, 1.165) is 31.2 Å². The third kappa shape index (κ3) is 2.48. The summed E-state index contributed by atoms with van der Waals surface area (Å²) in [6.07, 6.45) is 1.01. The van der Waals surface area contributed by atoms with E-state index in [1.165, 1.54) is 11.1 Å². The Morgan fingerprint density at radius 3 is 2.38 bits per heavy atom. The maximum atomic E-state index is 5.94. The van der Waals surface area contributed by atoms with Gasteiger partial charge in [-0.25, -0.2) is 0 Å². The topological polar surface area (TPSA) is 21.3 Å². The zero-order valence-electron chi connectivity index (χ0n) is 14.3. The number of hydrogen-bond acceptors (Lipinski definition) is 2. The van der Waals surface area contributed by atoms with Crippen molar-refractivity contribution in [3.63, 3.8) is 0 Å². The van der Waals surface area contributed by atoms with Gasteiger partial charge in [0.15, 0.2) is 0 Å². The van der Waals surface area contributed by atoms with Crippen LogP contribution in [-0.4, -0.2) is 12.1 Å². The van der Waals surface area contributed by atoms with E-state index in [1.54, 1.807) is 0 Å². The van der Waals surface area contributed by atoms with Crippen molar-refractivity contribution in [3.8, 4) is 5.75 Å². The summed E-state index contributed by atoms with van der Waals surface area (Å²) in [7, 11) is 0. The second-order valence-corrected chi connectivity index (χ2v) is 8.61. The molecular formula is C19H29NO. The standard InChI is InChI=1S/C19H29NO/c1-17(2)10-14-9-13(7-8-15(14)21-17)11-20-12-16-18(3,4)19(16,5)6/h7-9,16,20H,10-12H2,1-6H3. The molecule has 1 saturated carbocycles. The van der Waals surface area contributed by atoms with E-state index in [1.807, 2.05) is 0 Å². The van der Waals surface area contributed by atoms with Gasteiger partial charge < -0.3 is 10.1 Å². The lowest BCUT2D eigenvalue weighted by Gasteiger charge is -2.16. The Hall–Kier alpha value is -1.02. The van der Waals surface area contributed by atoms with Crippen LogP contribution in [0.15, 0.2) is 18.2 Å². The lowest BCUT2D eigenvalue weighted by molar-refractivity contribution is 0.138. The van der Waals surface area contributed by atoms with E-state index in [9.17, 15) is 0 Å². The molecule has 1 N–H and O–H groups in total. The van der Waals surface area contributed by atoms with E-state index in [0.29, 0.717) is 10.8 Å². The summed E-state index contributed by atoms with van der Waals surface area (Å²) in [5.74, 6) is 1.84. The van der Waals surface area contributed by atoms with Gasteiger partial charge in [0.25, 0.3) is 0 Å². The Kier molecular flexibility index (Phi) is 3.18. The van der Waals surface area contributed by atoms with Gasteiger partial charge >= 0.3 is 0 Å². The Labute approximate surface area is 129 Å². The quantitative estimate of drug-likeness (QED) is 0.897. The minimum atomic E-state index is -0.0452. The molecule has 2 aliphatic rings. The number of nitrogens with one attached hydrogen (secondary N) is 1. The van der Waals surface area contributed by atoms with E-state index in [-0.39, 0.29) is 5.60 Å². The van der Waals surface area contributed by atoms with Crippen LogP contribution in [0, 0.1) is 16.7 Å². The maximum absolute atomic E-state index is 5.94. The minimum absolute atomic E-state index is 0.0452. The summed E-state index contributed by atoms with van der Waals surface area (Å²) in [5, 5.41) is 3.65. The molecule has 1 aromatic carbocycles. The number of rotatable bonds is 4. The summed E-state index contributed by atoms with van der Waals surface area (Å²) in [6.45, 7) is 15.9. The van der Waals surface area contributed by atoms with Crippen LogP contribution in [0.5, 0.6) is 5.75 Å². The molecule has 2 heteroatoms. The summed E-state index contributed by atoms with van der Waals surface area (Å²) in [5.41, 5.74) is 3.61. The van der Waals surface area contributed by atoms with Crippen molar-refractivity contribution in [2.24, 2.45) is 16.7 Å². The number of benzene rings is 1. The van der Waals surface area contributed by atoms with Crippen LogP contribution in [0.2, 0.25) is 0 Å². The van der Waals surface area contributed by atoms with Gasteiger partial charge in [-0.1, -0.05) is 39.8 Å². The third-order valence-electron chi connectivity index (χ3n) is 6.12. The molecule has 0 spiro atoms. The fourth-order valence-electron chi connectivity index (χ4n) is 3.98. The number of ether oxygens (including phenoxy) is 1. The average molecular weight is 287 g/mol. The third-order valence-corrected chi connectivity index (χ3v) is 6.12. The highest BCUT2D eigenvalue weighted by molar-refractivity contribution is 5.41. The molecule has 0 aromatic heterocycles. The van der Waals surface area contributed by atoms with Crippen molar-refractivity contribution in [1.82, 2.24) is 5.32 Å². The molecular weight excluding hydrogens is 258 g/mol. The fraction of sp³-hybridized carbons (Fsp3) is 0.684. The molecule has 3 rings (SSSR count). The summed E-state index contributed by atoms with van der Waals surface area (Å²) in [4.78, 5) is 0.